The zero-order valence-corrected chi connectivity index (χ0v) is 20.9. The second-order valence-corrected chi connectivity index (χ2v) is 11.0. The maximum atomic E-state index is 13.8. The summed E-state index contributed by atoms with van der Waals surface area (Å²) in [4.78, 5) is 17.9. The molecule has 2 aromatic carbocycles. The van der Waals surface area contributed by atoms with Gasteiger partial charge in [0.25, 0.3) is 10.0 Å². The van der Waals surface area contributed by atoms with Crippen LogP contribution in [-0.2, 0) is 14.8 Å². The lowest BCUT2D eigenvalue weighted by molar-refractivity contribution is -0.134. The number of nitrogens with zero attached hydrogens (tertiary/aromatic N) is 3. The summed E-state index contributed by atoms with van der Waals surface area (Å²) in [6.07, 6.45) is 1.86. The van der Waals surface area contributed by atoms with Crippen molar-refractivity contribution in [3.05, 3.63) is 53.1 Å². The van der Waals surface area contributed by atoms with E-state index in [0.29, 0.717) is 17.0 Å². The lowest BCUT2D eigenvalue weighted by atomic mass is 9.97. The highest BCUT2D eigenvalue weighted by Gasteiger charge is 2.42. The minimum Gasteiger partial charge on any atom is -0.496 e. The summed E-state index contributed by atoms with van der Waals surface area (Å²) in [6, 6.07) is 10.8. The second kappa shape index (κ2) is 8.99. The SMILES string of the molecule is COc1ccc(S(=O)(=O)N2C[C@@H](C(=O)N(C)C3CCN(C)CC3)c3ccccc32)c(C)c1C. The van der Waals surface area contributed by atoms with Crippen LogP contribution in [0.3, 0.4) is 0 Å². The third-order valence-electron chi connectivity index (χ3n) is 7.29. The molecule has 2 aromatic rings. The predicted molar refractivity (Wildman–Crippen MR) is 129 cm³/mol. The first-order valence-electron chi connectivity index (χ1n) is 11.4. The van der Waals surface area contributed by atoms with E-state index in [9.17, 15) is 13.2 Å². The molecular weight excluding hydrogens is 438 g/mol. The van der Waals surface area contributed by atoms with Crippen LogP contribution in [0.15, 0.2) is 41.3 Å². The number of hydrogen-bond acceptors (Lipinski definition) is 5. The smallest absolute Gasteiger partial charge is 0.264 e. The molecule has 1 atom stereocenters. The number of fused-ring (bicyclic) bond motifs is 1. The number of rotatable bonds is 5. The molecule has 1 saturated heterocycles. The second-order valence-electron chi connectivity index (χ2n) is 9.15. The maximum absolute atomic E-state index is 13.8. The van der Waals surface area contributed by atoms with Crippen molar-refractivity contribution in [1.82, 2.24) is 9.80 Å². The zero-order valence-electron chi connectivity index (χ0n) is 20.0. The molecule has 0 N–H and O–H groups in total. The lowest BCUT2D eigenvalue weighted by Gasteiger charge is -2.36. The molecule has 0 unspecified atom stereocenters. The highest BCUT2D eigenvalue weighted by atomic mass is 32.2. The van der Waals surface area contributed by atoms with Gasteiger partial charge in [0.2, 0.25) is 5.91 Å². The van der Waals surface area contributed by atoms with Gasteiger partial charge in [0, 0.05) is 13.1 Å². The number of likely N-dealkylation sites (N-methyl/N-ethyl adjacent to an activating group) is 1. The first-order valence-corrected chi connectivity index (χ1v) is 12.8. The Morgan fingerprint density at radius 3 is 2.39 bits per heavy atom. The summed E-state index contributed by atoms with van der Waals surface area (Å²) >= 11 is 0. The molecule has 33 heavy (non-hydrogen) atoms. The van der Waals surface area contributed by atoms with Crippen LogP contribution >= 0.6 is 0 Å². The van der Waals surface area contributed by atoms with Gasteiger partial charge in [-0.2, -0.15) is 0 Å². The molecule has 0 radical (unpaired) electrons. The Morgan fingerprint density at radius 1 is 1.06 bits per heavy atom. The molecule has 1 amide bonds. The summed E-state index contributed by atoms with van der Waals surface area (Å²) in [5, 5.41) is 0. The van der Waals surface area contributed by atoms with Gasteiger partial charge in [0.05, 0.1) is 30.2 Å². The van der Waals surface area contributed by atoms with Gasteiger partial charge in [0.1, 0.15) is 5.75 Å². The lowest BCUT2D eigenvalue weighted by Crippen LogP contribution is -2.46. The molecular formula is C25H33N3O4S. The van der Waals surface area contributed by atoms with Gasteiger partial charge in [-0.1, -0.05) is 18.2 Å². The molecule has 0 bridgehead atoms. The van der Waals surface area contributed by atoms with E-state index in [1.807, 2.05) is 37.1 Å². The molecule has 0 aliphatic carbocycles. The minimum absolute atomic E-state index is 0.0164. The fourth-order valence-electron chi connectivity index (χ4n) is 5.01. The molecule has 7 nitrogen and oxygen atoms in total. The summed E-state index contributed by atoms with van der Waals surface area (Å²) in [5.41, 5.74) is 2.81. The third kappa shape index (κ3) is 4.10. The van der Waals surface area contributed by atoms with Crippen molar-refractivity contribution in [3.8, 4) is 5.75 Å². The van der Waals surface area contributed by atoms with E-state index in [1.165, 1.54) is 4.31 Å². The van der Waals surface area contributed by atoms with Crippen molar-refractivity contribution in [1.29, 1.82) is 0 Å². The van der Waals surface area contributed by atoms with Crippen molar-refractivity contribution >= 4 is 21.6 Å². The van der Waals surface area contributed by atoms with E-state index in [4.69, 9.17) is 4.74 Å². The van der Waals surface area contributed by atoms with Gasteiger partial charge in [-0.25, -0.2) is 8.42 Å². The van der Waals surface area contributed by atoms with Crippen molar-refractivity contribution in [3.63, 3.8) is 0 Å². The quantitative estimate of drug-likeness (QED) is 0.670. The molecule has 2 heterocycles. The standard InChI is InChI=1S/C25H33N3O4S/c1-17-18(2)24(11-10-23(17)32-5)33(30,31)28-16-21(20-8-6-7-9-22(20)28)25(29)27(4)19-12-14-26(3)15-13-19/h6-11,19,21H,12-16H2,1-5H3/t21-/m1/s1. The average molecular weight is 472 g/mol. The molecule has 8 heteroatoms. The van der Waals surface area contributed by atoms with Gasteiger partial charge < -0.3 is 14.5 Å². The Labute approximate surface area is 197 Å². The van der Waals surface area contributed by atoms with Gasteiger partial charge in [-0.3, -0.25) is 9.10 Å². The molecule has 2 aliphatic rings. The normalized spacial score (nSPS) is 19.4. The Hall–Kier alpha value is -2.58. The van der Waals surface area contributed by atoms with E-state index in [2.05, 4.69) is 11.9 Å². The van der Waals surface area contributed by atoms with Crippen LogP contribution in [0.4, 0.5) is 5.69 Å². The Morgan fingerprint density at radius 2 is 1.73 bits per heavy atom. The molecule has 4 rings (SSSR count). The maximum Gasteiger partial charge on any atom is 0.264 e. The van der Waals surface area contributed by atoms with Crippen LogP contribution in [0.5, 0.6) is 5.75 Å². The van der Waals surface area contributed by atoms with Gasteiger partial charge in [-0.05, 0) is 81.7 Å². The van der Waals surface area contributed by atoms with Crippen LogP contribution in [0.1, 0.15) is 35.4 Å². The number of anilines is 1. The van der Waals surface area contributed by atoms with E-state index < -0.39 is 15.9 Å². The molecule has 1 fully saturated rings. The van der Waals surface area contributed by atoms with E-state index in [-0.39, 0.29) is 23.4 Å². The number of methoxy groups -OCH3 is 1. The number of sulfonamides is 1. The number of likely N-dealkylation sites (tertiary alicyclic amines) is 1. The number of carbonyl (C=O) groups is 1. The Balaban J connectivity index is 1.67. The topological polar surface area (TPSA) is 70.2 Å². The first kappa shape index (κ1) is 23.6. The molecule has 178 valence electrons. The van der Waals surface area contributed by atoms with Crippen LogP contribution in [0.2, 0.25) is 0 Å². The monoisotopic (exact) mass is 471 g/mol. The van der Waals surface area contributed by atoms with E-state index in [0.717, 1.165) is 37.1 Å². The third-order valence-corrected chi connectivity index (χ3v) is 9.21. The van der Waals surface area contributed by atoms with Crippen LogP contribution in [0.25, 0.3) is 0 Å². The number of amides is 1. The zero-order chi connectivity index (χ0) is 23.9. The Bertz CT molecular complexity index is 1160. The number of para-hydroxylation sites is 1. The highest BCUT2D eigenvalue weighted by Crippen LogP contribution is 2.41. The molecule has 0 saturated carbocycles. The van der Waals surface area contributed by atoms with Gasteiger partial charge >= 0.3 is 0 Å². The summed E-state index contributed by atoms with van der Waals surface area (Å²) in [7, 11) is 1.67. The largest absolute Gasteiger partial charge is 0.496 e. The molecule has 0 aromatic heterocycles. The summed E-state index contributed by atoms with van der Waals surface area (Å²) < 4.78 is 34.4. The number of piperidine rings is 1. The summed E-state index contributed by atoms with van der Waals surface area (Å²) in [6.45, 7) is 5.68. The van der Waals surface area contributed by atoms with Crippen molar-refractivity contribution in [2.24, 2.45) is 0 Å². The average Bonchev–Trinajstić information content (AvgIpc) is 3.21. The highest BCUT2D eigenvalue weighted by molar-refractivity contribution is 7.93. The number of hydrogen-bond donors (Lipinski definition) is 0. The number of carbonyl (C=O) groups excluding carboxylic acids is 1. The van der Waals surface area contributed by atoms with Gasteiger partial charge in [-0.15, -0.1) is 0 Å². The van der Waals surface area contributed by atoms with Gasteiger partial charge in [0.15, 0.2) is 0 Å². The predicted octanol–water partition coefficient (Wildman–Crippen LogP) is 3.16. The van der Waals surface area contributed by atoms with Crippen molar-refractivity contribution < 1.29 is 17.9 Å². The van der Waals surface area contributed by atoms with Crippen LogP contribution < -0.4 is 9.04 Å². The van der Waals surface area contributed by atoms with Crippen LogP contribution in [0, 0.1) is 13.8 Å². The van der Waals surface area contributed by atoms with Crippen molar-refractivity contribution in [2.45, 2.75) is 43.5 Å². The Kier molecular flexibility index (Phi) is 6.42. The fourth-order valence-corrected chi connectivity index (χ4v) is 6.80. The number of benzene rings is 2. The fraction of sp³-hybridized carbons (Fsp3) is 0.480. The van der Waals surface area contributed by atoms with Crippen LogP contribution in [-0.4, -0.2) is 71.0 Å². The minimum atomic E-state index is -3.85. The van der Waals surface area contributed by atoms with E-state index in [1.54, 1.807) is 32.2 Å². The number of ether oxygens (including phenoxy) is 1. The molecule has 0 spiro atoms. The van der Waals surface area contributed by atoms with E-state index >= 15 is 0 Å². The van der Waals surface area contributed by atoms with Crippen molar-refractivity contribution in [2.75, 3.05) is 45.1 Å². The summed E-state index contributed by atoms with van der Waals surface area (Å²) in [5.74, 6) is 0.124. The first-order chi connectivity index (χ1) is 15.7. The molecule has 2 aliphatic heterocycles.